The third-order valence-electron chi connectivity index (χ3n) is 4.95. The van der Waals surface area contributed by atoms with Crippen LogP contribution >= 0.6 is 0 Å². The molecule has 0 aromatic carbocycles. The first kappa shape index (κ1) is 16.4. The summed E-state index contributed by atoms with van der Waals surface area (Å²) in [6, 6.07) is 7.85. The van der Waals surface area contributed by atoms with Crippen molar-refractivity contribution < 1.29 is 4.79 Å². The first-order valence-corrected chi connectivity index (χ1v) is 8.87. The highest BCUT2D eigenvalue weighted by molar-refractivity contribution is 5.94. The predicted molar refractivity (Wildman–Crippen MR) is 98.6 cm³/mol. The molecule has 0 unspecified atom stereocenters. The van der Waals surface area contributed by atoms with Crippen molar-refractivity contribution in [1.82, 2.24) is 24.4 Å². The molecule has 0 aliphatic carbocycles. The van der Waals surface area contributed by atoms with Gasteiger partial charge in [0.2, 0.25) is 0 Å². The molecule has 4 heterocycles. The summed E-state index contributed by atoms with van der Waals surface area (Å²) >= 11 is 0. The van der Waals surface area contributed by atoms with Crippen LogP contribution in [0.5, 0.6) is 0 Å². The molecule has 1 amide bonds. The zero-order valence-corrected chi connectivity index (χ0v) is 14.7. The highest BCUT2D eigenvalue weighted by atomic mass is 16.2. The summed E-state index contributed by atoms with van der Waals surface area (Å²) in [5.74, 6) is 1.04. The molecule has 3 aromatic rings. The summed E-state index contributed by atoms with van der Waals surface area (Å²) < 4.78 is 2.30. The number of hydrogen-bond donors (Lipinski definition) is 0. The number of carbonyl (C=O) groups is 1. The Morgan fingerprint density at radius 3 is 2.50 bits per heavy atom. The van der Waals surface area contributed by atoms with Crippen LogP contribution in [0.25, 0.3) is 11.4 Å². The maximum atomic E-state index is 12.6. The van der Waals surface area contributed by atoms with Crippen molar-refractivity contribution in [2.24, 2.45) is 0 Å². The number of aryl methyl sites for hydroxylation is 1. The number of aromatic nitrogens is 4. The number of carbonyl (C=O) groups excluding carboxylic acids is 1. The van der Waals surface area contributed by atoms with Crippen molar-refractivity contribution in [2.75, 3.05) is 13.1 Å². The van der Waals surface area contributed by atoms with Gasteiger partial charge in [-0.3, -0.25) is 14.8 Å². The van der Waals surface area contributed by atoms with Gasteiger partial charge in [-0.15, -0.1) is 0 Å². The highest BCUT2D eigenvalue weighted by Crippen LogP contribution is 2.30. The molecule has 4 rings (SSSR count). The molecule has 0 saturated carbocycles. The molecule has 6 heteroatoms. The van der Waals surface area contributed by atoms with Gasteiger partial charge in [0.1, 0.15) is 5.82 Å². The fraction of sp³-hybridized carbons (Fsp3) is 0.300. The van der Waals surface area contributed by atoms with Crippen LogP contribution in [0.2, 0.25) is 0 Å². The van der Waals surface area contributed by atoms with E-state index in [1.807, 2.05) is 29.4 Å². The van der Waals surface area contributed by atoms with Crippen LogP contribution < -0.4 is 0 Å². The van der Waals surface area contributed by atoms with Crippen molar-refractivity contribution in [3.63, 3.8) is 0 Å². The van der Waals surface area contributed by atoms with E-state index in [0.717, 1.165) is 43.0 Å². The molecule has 26 heavy (non-hydrogen) atoms. The molecule has 1 aliphatic heterocycles. The topological polar surface area (TPSA) is 63.9 Å². The zero-order valence-electron chi connectivity index (χ0n) is 14.7. The lowest BCUT2D eigenvalue weighted by atomic mass is 10.0. The number of amides is 1. The molecule has 1 fully saturated rings. The van der Waals surface area contributed by atoms with Crippen LogP contribution in [-0.4, -0.2) is 43.4 Å². The van der Waals surface area contributed by atoms with Crippen LogP contribution in [0.15, 0.2) is 55.2 Å². The molecule has 6 nitrogen and oxygen atoms in total. The largest absolute Gasteiger partial charge is 0.338 e. The second-order valence-electron chi connectivity index (χ2n) is 6.59. The maximum Gasteiger partial charge on any atom is 0.253 e. The van der Waals surface area contributed by atoms with Gasteiger partial charge in [-0.25, -0.2) is 4.98 Å². The first-order valence-electron chi connectivity index (χ1n) is 8.87. The Bertz CT molecular complexity index is 883. The molecule has 1 aliphatic rings. The first-order chi connectivity index (χ1) is 12.7. The molecule has 3 aromatic heterocycles. The third kappa shape index (κ3) is 3.10. The number of nitrogens with zero attached hydrogens (tertiary/aromatic N) is 5. The van der Waals surface area contributed by atoms with Crippen LogP contribution in [0.1, 0.15) is 34.9 Å². The molecule has 132 valence electrons. The van der Waals surface area contributed by atoms with E-state index in [1.54, 1.807) is 30.7 Å². The smallest absolute Gasteiger partial charge is 0.253 e. The van der Waals surface area contributed by atoms with Crippen LogP contribution in [0, 0.1) is 6.92 Å². The lowest BCUT2D eigenvalue weighted by Gasteiger charge is -2.34. The second kappa shape index (κ2) is 7.07. The number of likely N-dealkylation sites (tertiary alicyclic amines) is 1. The monoisotopic (exact) mass is 347 g/mol. The molecular weight excluding hydrogens is 326 g/mol. The summed E-state index contributed by atoms with van der Waals surface area (Å²) in [4.78, 5) is 27.3. The van der Waals surface area contributed by atoms with Crippen LogP contribution in [0.4, 0.5) is 0 Å². The van der Waals surface area contributed by atoms with Gasteiger partial charge >= 0.3 is 0 Å². The van der Waals surface area contributed by atoms with E-state index < -0.39 is 0 Å². The van der Waals surface area contributed by atoms with Gasteiger partial charge in [-0.05, 0) is 44.0 Å². The molecule has 1 saturated heterocycles. The Hall–Kier alpha value is -3.02. The van der Waals surface area contributed by atoms with Crippen molar-refractivity contribution in [3.8, 4) is 11.4 Å². The maximum absolute atomic E-state index is 12.6. The summed E-state index contributed by atoms with van der Waals surface area (Å²) in [5, 5.41) is 0. The lowest BCUT2D eigenvalue weighted by Crippen LogP contribution is -2.39. The Kier molecular flexibility index (Phi) is 4.48. The van der Waals surface area contributed by atoms with Gasteiger partial charge < -0.3 is 9.47 Å². The van der Waals surface area contributed by atoms with Crippen molar-refractivity contribution >= 4 is 5.91 Å². The van der Waals surface area contributed by atoms with E-state index in [0.29, 0.717) is 11.6 Å². The summed E-state index contributed by atoms with van der Waals surface area (Å²) in [7, 11) is 0. The molecular formula is C20H21N5O. The van der Waals surface area contributed by atoms with E-state index in [2.05, 4.69) is 26.4 Å². The Labute approximate surface area is 152 Å². The molecule has 0 N–H and O–H groups in total. The average molecular weight is 347 g/mol. The Morgan fingerprint density at radius 1 is 1.04 bits per heavy atom. The van der Waals surface area contributed by atoms with Crippen molar-refractivity contribution in [1.29, 1.82) is 0 Å². The van der Waals surface area contributed by atoms with Gasteiger partial charge in [0, 0.05) is 66.9 Å². The average Bonchev–Trinajstić information content (AvgIpc) is 3.10. The van der Waals surface area contributed by atoms with E-state index in [9.17, 15) is 4.79 Å². The SMILES string of the molecule is Cc1cnc(-c2cccnc2)n1C1CCN(C(=O)c2ccncc2)CC1. The van der Waals surface area contributed by atoms with Gasteiger partial charge in [-0.1, -0.05) is 0 Å². The van der Waals surface area contributed by atoms with Gasteiger partial charge in [0.05, 0.1) is 0 Å². The molecule has 0 radical (unpaired) electrons. The zero-order chi connectivity index (χ0) is 17.9. The van der Waals surface area contributed by atoms with E-state index in [1.165, 1.54) is 0 Å². The fourth-order valence-corrected chi connectivity index (χ4v) is 3.62. The van der Waals surface area contributed by atoms with E-state index in [4.69, 9.17) is 0 Å². The molecule has 0 atom stereocenters. The molecule has 0 spiro atoms. The number of rotatable bonds is 3. The minimum absolute atomic E-state index is 0.0840. The predicted octanol–water partition coefficient (Wildman–Crippen LogP) is 3.13. The van der Waals surface area contributed by atoms with Crippen LogP contribution in [-0.2, 0) is 0 Å². The quantitative estimate of drug-likeness (QED) is 0.730. The second-order valence-corrected chi connectivity index (χ2v) is 6.59. The number of pyridine rings is 2. The lowest BCUT2D eigenvalue weighted by molar-refractivity contribution is 0.0694. The van der Waals surface area contributed by atoms with Crippen molar-refractivity contribution in [2.45, 2.75) is 25.8 Å². The standard InChI is InChI=1S/C20H21N5O/c1-15-13-23-19(17-3-2-8-22-14-17)25(15)18-6-11-24(12-7-18)20(26)16-4-9-21-10-5-16/h2-5,8-10,13-14,18H,6-7,11-12H2,1H3. The summed E-state index contributed by atoms with van der Waals surface area (Å²) in [6.45, 7) is 3.58. The van der Waals surface area contributed by atoms with Gasteiger partial charge in [0.15, 0.2) is 0 Å². The van der Waals surface area contributed by atoms with E-state index in [-0.39, 0.29) is 5.91 Å². The number of piperidine rings is 1. The number of hydrogen-bond acceptors (Lipinski definition) is 4. The highest BCUT2D eigenvalue weighted by Gasteiger charge is 2.27. The Morgan fingerprint density at radius 2 is 1.81 bits per heavy atom. The number of imidazole rings is 1. The minimum atomic E-state index is 0.0840. The van der Waals surface area contributed by atoms with E-state index >= 15 is 0 Å². The van der Waals surface area contributed by atoms with Crippen molar-refractivity contribution in [3.05, 3.63) is 66.5 Å². The third-order valence-corrected chi connectivity index (χ3v) is 4.95. The fourth-order valence-electron chi connectivity index (χ4n) is 3.62. The van der Waals surface area contributed by atoms with Gasteiger partial charge in [-0.2, -0.15) is 0 Å². The normalized spacial score (nSPS) is 15.2. The summed E-state index contributed by atoms with van der Waals surface area (Å²) in [5.41, 5.74) is 2.87. The molecule has 0 bridgehead atoms. The Balaban J connectivity index is 1.51. The minimum Gasteiger partial charge on any atom is -0.338 e. The van der Waals surface area contributed by atoms with Crippen LogP contribution in [0.3, 0.4) is 0 Å². The van der Waals surface area contributed by atoms with Gasteiger partial charge in [0.25, 0.3) is 5.91 Å². The summed E-state index contributed by atoms with van der Waals surface area (Å²) in [6.07, 6.45) is 10.7.